The zero-order valence-electron chi connectivity index (χ0n) is 12.2. The molecular weight excluding hydrogens is 238 g/mol. The zero-order chi connectivity index (χ0) is 13.9. The lowest BCUT2D eigenvalue weighted by molar-refractivity contribution is 0.0861. The Balaban J connectivity index is 2.05. The van der Waals surface area contributed by atoms with Gasteiger partial charge in [-0.2, -0.15) is 0 Å². The Morgan fingerprint density at radius 1 is 1.37 bits per heavy atom. The highest BCUT2D eigenvalue weighted by Crippen LogP contribution is 2.40. The quantitative estimate of drug-likeness (QED) is 0.794. The van der Waals surface area contributed by atoms with Gasteiger partial charge in [0.1, 0.15) is 12.4 Å². The van der Waals surface area contributed by atoms with Crippen LogP contribution in [-0.2, 0) is 0 Å². The lowest BCUT2D eigenvalue weighted by Gasteiger charge is -2.33. The molecule has 0 aliphatic heterocycles. The predicted molar refractivity (Wildman–Crippen MR) is 77.6 cm³/mol. The third-order valence-electron chi connectivity index (χ3n) is 3.99. The van der Waals surface area contributed by atoms with Gasteiger partial charge < -0.3 is 15.2 Å². The molecule has 0 radical (unpaired) electrons. The van der Waals surface area contributed by atoms with E-state index >= 15 is 0 Å². The molecule has 1 aromatic rings. The first-order chi connectivity index (χ1) is 9.11. The summed E-state index contributed by atoms with van der Waals surface area (Å²) in [6.07, 6.45) is 2.37. The molecule has 0 heterocycles. The van der Waals surface area contributed by atoms with Crippen LogP contribution in [0.25, 0.3) is 0 Å². The number of aliphatic hydroxyl groups is 1. The van der Waals surface area contributed by atoms with Crippen LogP contribution in [-0.4, -0.2) is 30.4 Å². The van der Waals surface area contributed by atoms with Crippen molar-refractivity contribution in [2.24, 2.45) is 5.92 Å². The fraction of sp³-hybridized carbons (Fsp3) is 0.625. The van der Waals surface area contributed by atoms with Gasteiger partial charge in [0.05, 0.1) is 12.1 Å². The van der Waals surface area contributed by atoms with Crippen LogP contribution in [0.4, 0.5) is 0 Å². The Bertz CT molecular complexity index is 429. The van der Waals surface area contributed by atoms with Gasteiger partial charge in [0.15, 0.2) is 0 Å². The van der Waals surface area contributed by atoms with Crippen LogP contribution < -0.4 is 10.1 Å². The molecule has 0 amide bonds. The van der Waals surface area contributed by atoms with Crippen LogP contribution in [0, 0.1) is 19.8 Å². The summed E-state index contributed by atoms with van der Waals surface area (Å²) in [6, 6.07) is 6.21. The van der Waals surface area contributed by atoms with Crippen molar-refractivity contribution in [1.82, 2.24) is 5.32 Å². The van der Waals surface area contributed by atoms with Gasteiger partial charge >= 0.3 is 0 Å². The van der Waals surface area contributed by atoms with Gasteiger partial charge in [-0.3, -0.25) is 0 Å². The highest BCUT2D eigenvalue weighted by molar-refractivity contribution is 5.35. The van der Waals surface area contributed by atoms with Crippen molar-refractivity contribution >= 4 is 0 Å². The number of rotatable bonds is 7. The highest BCUT2D eigenvalue weighted by Gasteiger charge is 2.45. The van der Waals surface area contributed by atoms with Crippen LogP contribution >= 0.6 is 0 Å². The van der Waals surface area contributed by atoms with Crippen molar-refractivity contribution < 1.29 is 9.84 Å². The zero-order valence-corrected chi connectivity index (χ0v) is 12.2. The Morgan fingerprint density at radius 2 is 2.11 bits per heavy atom. The normalized spacial score (nSPS) is 18.1. The average Bonchev–Trinajstić information content (AvgIpc) is 3.21. The van der Waals surface area contributed by atoms with Crippen molar-refractivity contribution in [2.45, 2.75) is 39.2 Å². The fourth-order valence-corrected chi connectivity index (χ4v) is 2.70. The molecule has 0 bridgehead atoms. The summed E-state index contributed by atoms with van der Waals surface area (Å²) in [5.74, 6) is 1.46. The van der Waals surface area contributed by atoms with Crippen LogP contribution in [0.15, 0.2) is 18.2 Å². The summed E-state index contributed by atoms with van der Waals surface area (Å²) in [6.45, 7) is 7.74. The first-order valence-corrected chi connectivity index (χ1v) is 7.17. The molecule has 1 fully saturated rings. The summed E-state index contributed by atoms with van der Waals surface area (Å²) < 4.78 is 5.98. The first-order valence-electron chi connectivity index (χ1n) is 7.17. The largest absolute Gasteiger partial charge is 0.491 e. The third-order valence-corrected chi connectivity index (χ3v) is 3.99. The van der Waals surface area contributed by atoms with E-state index in [-0.39, 0.29) is 12.1 Å². The van der Waals surface area contributed by atoms with Crippen molar-refractivity contribution in [3.05, 3.63) is 29.3 Å². The van der Waals surface area contributed by atoms with E-state index in [1.165, 1.54) is 18.4 Å². The predicted octanol–water partition coefficient (Wildman–Crippen LogP) is 2.43. The monoisotopic (exact) mass is 263 g/mol. The van der Waals surface area contributed by atoms with Crippen LogP contribution in [0.1, 0.15) is 30.9 Å². The van der Waals surface area contributed by atoms with Crippen LogP contribution in [0.3, 0.4) is 0 Å². The second-order valence-corrected chi connectivity index (χ2v) is 5.68. The van der Waals surface area contributed by atoms with Crippen molar-refractivity contribution in [2.75, 3.05) is 19.8 Å². The summed E-state index contributed by atoms with van der Waals surface area (Å²) in [7, 11) is 0. The molecule has 1 unspecified atom stereocenters. The van der Waals surface area contributed by atoms with E-state index < -0.39 is 0 Å². The summed E-state index contributed by atoms with van der Waals surface area (Å²) in [5.41, 5.74) is 2.12. The molecule has 1 aliphatic rings. The minimum Gasteiger partial charge on any atom is -0.491 e. The number of aryl methyl sites for hydroxylation is 2. The maximum atomic E-state index is 9.77. The Morgan fingerprint density at radius 3 is 2.63 bits per heavy atom. The van der Waals surface area contributed by atoms with E-state index in [9.17, 15) is 5.11 Å². The number of benzene rings is 1. The van der Waals surface area contributed by atoms with E-state index in [1.54, 1.807) is 0 Å². The van der Waals surface area contributed by atoms with Crippen molar-refractivity contribution in [3.63, 3.8) is 0 Å². The number of aliphatic hydroxyl groups excluding tert-OH is 1. The molecule has 106 valence electrons. The van der Waals surface area contributed by atoms with Gasteiger partial charge in [-0.25, -0.2) is 0 Å². The molecule has 3 nitrogen and oxygen atoms in total. The molecule has 2 rings (SSSR count). The number of likely N-dealkylation sites (N-methyl/N-ethyl adjacent to an activating group) is 1. The number of hydrogen-bond acceptors (Lipinski definition) is 3. The molecule has 3 heteroatoms. The maximum absolute atomic E-state index is 9.77. The SMILES string of the molecule is CCNC(CO)(COc1ccc(C)cc1C)C1CC1. The smallest absolute Gasteiger partial charge is 0.122 e. The average molecular weight is 263 g/mol. The van der Waals surface area contributed by atoms with E-state index in [0.717, 1.165) is 17.9 Å². The lowest BCUT2D eigenvalue weighted by atomic mass is 9.95. The number of hydrogen-bond donors (Lipinski definition) is 2. The molecule has 1 aliphatic carbocycles. The van der Waals surface area contributed by atoms with Gasteiger partial charge in [-0.15, -0.1) is 0 Å². The minimum atomic E-state index is -0.272. The molecule has 0 saturated heterocycles. The maximum Gasteiger partial charge on any atom is 0.122 e. The highest BCUT2D eigenvalue weighted by atomic mass is 16.5. The first kappa shape index (κ1) is 14.4. The van der Waals surface area contributed by atoms with Crippen molar-refractivity contribution in [1.29, 1.82) is 0 Å². The Kier molecular flexibility index (Phi) is 4.48. The third kappa shape index (κ3) is 3.28. The molecular formula is C16H25NO2. The van der Waals surface area contributed by atoms with E-state index in [2.05, 4.69) is 38.2 Å². The second kappa shape index (κ2) is 5.93. The van der Waals surface area contributed by atoms with E-state index in [1.807, 2.05) is 6.07 Å². The van der Waals surface area contributed by atoms with Gasteiger partial charge in [-0.05, 0) is 50.8 Å². The van der Waals surface area contributed by atoms with E-state index in [0.29, 0.717) is 12.5 Å². The molecule has 19 heavy (non-hydrogen) atoms. The Hall–Kier alpha value is -1.06. The van der Waals surface area contributed by atoms with E-state index in [4.69, 9.17) is 4.74 Å². The van der Waals surface area contributed by atoms with Crippen LogP contribution in [0.5, 0.6) is 5.75 Å². The molecule has 2 N–H and O–H groups in total. The van der Waals surface area contributed by atoms with Gasteiger partial charge in [0.25, 0.3) is 0 Å². The second-order valence-electron chi connectivity index (χ2n) is 5.68. The van der Waals surface area contributed by atoms with Crippen molar-refractivity contribution in [3.8, 4) is 5.75 Å². The molecule has 0 spiro atoms. The van der Waals surface area contributed by atoms with Crippen LogP contribution in [0.2, 0.25) is 0 Å². The van der Waals surface area contributed by atoms with Gasteiger partial charge in [0, 0.05) is 0 Å². The topological polar surface area (TPSA) is 41.5 Å². The number of ether oxygens (including phenoxy) is 1. The molecule has 1 aromatic carbocycles. The number of nitrogens with one attached hydrogen (secondary N) is 1. The molecule has 1 atom stereocenters. The molecule has 1 saturated carbocycles. The minimum absolute atomic E-state index is 0.135. The summed E-state index contributed by atoms with van der Waals surface area (Å²) in [4.78, 5) is 0. The lowest BCUT2D eigenvalue weighted by Crippen LogP contribution is -2.55. The van der Waals surface area contributed by atoms with Gasteiger partial charge in [-0.1, -0.05) is 24.6 Å². The molecule has 0 aromatic heterocycles. The Labute approximate surface area is 116 Å². The standard InChI is InChI=1S/C16H25NO2/c1-4-17-16(10-18,14-6-7-14)11-19-15-8-5-12(2)9-13(15)3/h5,8-9,14,17-18H,4,6-7,10-11H2,1-3H3. The summed E-state index contributed by atoms with van der Waals surface area (Å²) >= 11 is 0. The fourth-order valence-electron chi connectivity index (χ4n) is 2.70. The summed E-state index contributed by atoms with van der Waals surface area (Å²) in [5, 5.41) is 13.2. The van der Waals surface area contributed by atoms with Gasteiger partial charge in [0.2, 0.25) is 0 Å².